The standard InChI is InChI=1S/C17H12ClN3O2/c1-10-2-5-12(6-3-10)20-16(22)15-9-19-13-8-11(18)4-7-14(13)21(15)17(20)23/h2-9,15H,1H3/p+1. The SMILES string of the molecule is Cc1ccc(N2C(=O)C3C=[NH+]c4cc(Cl)ccc4N3C2=O)cc1. The number of halogens is 1. The van der Waals surface area contributed by atoms with E-state index in [1.54, 1.807) is 36.5 Å². The number of amides is 3. The van der Waals surface area contributed by atoms with Crippen LogP contribution in [0.3, 0.4) is 0 Å². The fourth-order valence-corrected chi connectivity index (χ4v) is 3.07. The highest BCUT2D eigenvalue weighted by molar-refractivity contribution is 6.34. The molecule has 1 unspecified atom stereocenters. The van der Waals surface area contributed by atoms with E-state index in [1.165, 1.54) is 9.80 Å². The average Bonchev–Trinajstić information content (AvgIpc) is 2.80. The summed E-state index contributed by atoms with van der Waals surface area (Å²) >= 11 is 5.99. The first-order valence-electron chi connectivity index (χ1n) is 7.19. The summed E-state index contributed by atoms with van der Waals surface area (Å²) in [6.45, 7) is 1.96. The van der Waals surface area contributed by atoms with Crippen LogP contribution in [0, 0.1) is 6.92 Å². The summed E-state index contributed by atoms with van der Waals surface area (Å²) in [6, 6.07) is 11.5. The lowest BCUT2D eigenvalue weighted by Gasteiger charge is -2.20. The van der Waals surface area contributed by atoms with E-state index in [0.29, 0.717) is 22.1 Å². The maximum Gasteiger partial charge on any atom is 0.337 e. The molecular weight excluding hydrogens is 314 g/mol. The van der Waals surface area contributed by atoms with E-state index in [2.05, 4.69) is 4.99 Å². The van der Waals surface area contributed by atoms with Crippen LogP contribution in [0.1, 0.15) is 5.56 Å². The number of imide groups is 1. The van der Waals surface area contributed by atoms with Gasteiger partial charge >= 0.3 is 6.03 Å². The first-order chi connectivity index (χ1) is 11.1. The molecule has 1 N–H and O–H groups in total. The Morgan fingerprint density at radius 1 is 1.09 bits per heavy atom. The summed E-state index contributed by atoms with van der Waals surface area (Å²) in [5.41, 5.74) is 3.00. The monoisotopic (exact) mass is 326 g/mol. The predicted octanol–water partition coefficient (Wildman–Crippen LogP) is 1.79. The topological polar surface area (TPSA) is 54.6 Å². The van der Waals surface area contributed by atoms with Gasteiger partial charge in [-0.3, -0.25) is 9.69 Å². The molecule has 2 aliphatic heterocycles. The molecule has 2 heterocycles. The number of urea groups is 1. The minimum absolute atomic E-state index is 0.271. The van der Waals surface area contributed by atoms with Gasteiger partial charge in [-0.1, -0.05) is 29.3 Å². The van der Waals surface area contributed by atoms with Gasteiger partial charge in [-0.05, 0) is 31.2 Å². The number of aryl methyl sites for hydroxylation is 1. The normalized spacial score (nSPS) is 19.1. The third kappa shape index (κ3) is 2.04. The fraction of sp³-hybridized carbons (Fsp3) is 0.118. The summed E-state index contributed by atoms with van der Waals surface area (Å²) < 4.78 is 0. The second-order valence-corrected chi connectivity index (χ2v) is 6.02. The van der Waals surface area contributed by atoms with E-state index in [-0.39, 0.29) is 11.9 Å². The zero-order chi connectivity index (χ0) is 16.1. The molecule has 0 aromatic heterocycles. The number of fused-ring (bicyclic) bond motifs is 3. The summed E-state index contributed by atoms with van der Waals surface area (Å²) in [5, 5.41) is 0.566. The van der Waals surface area contributed by atoms with Crippen LogP contribution in [0.4, 0.5) is 21.9 Å². The molecule has 2 aliphatic rings. The molecule has 0 radical (unpaired) electrons. The van der Waals surface area contributed by atoms with E-state index >= 15 is 0 Å². The Morgan fingerprint density at radius 2 is 1.83 bits per heavy atom. The Morgan fingerprint density at radius 3 is 2.57 bits per heavy atom. The second kappa shape index (κ2) is 4.93. The molecule has 0 spiro atoms. The number of rotatable bonds is 1. The van der Waals surface area contributed by atoms with Crippen molar-refractivity contribution in [3.05, 3.63) is 53.1 Å². The largest absolute Gasteiger partial charge is 0.337 e. The first kappa shape index (κ1) is 14.0. The van der Waals surface area contributed by atoms with Gasteiger partial charge in [0, 0.05) is 11.1 Å². The van der Waals surface area contributed by atoms with Crippen LogP contribution >= 0.6 is 11.6 Å². The molecule has 0 aliphatic carbocycles. The summed E-state index contributed by atoms with van der Waals surface area (Å²) in [4.78, 5) is 31.3. The highest BCUT2D eigenvalue weighted by Crippen LogP contribution is 2.34. The van der Waals surface area contributed by atoms with Crippen molar-refractivity contribution >= 4 is 46.8 Å². The number of hydrogen-bond acceptors (Lipinski definition) is 2. The molecule has 0 saturated carbocycles. The van der Waals surface area contributed by atoms with Gasteiger partial charge in [0.2, 0.25) is 5.69 Å². The smallest absolute Gasteiger partial charge is 0.271 e. The molecule has 2 aromatic rings. The van der Waals surface area contributed by atoms with Crippen molar-refractivity contribution in [2.75, 3.05) is 9.80 Å². The van der Waals surface area contributed by atoms with E-state index in [1.807, 2.05) is 19.1 Å². The first-order valence-corrected chi connectivity index (χ1v) is 7.57. The molecule has 0 bridgehead atoms. The minimum Gasteiger partial charge on any atom is -0.271 e. The number of nitrogens with one attached hydrogen (secondary N) is 1. The van der Waals surface area contributed by atoms with E-state index in [9.17, 15) is 9.59 Å². The number of carbonyl (C=O) groups excluding carboxylic acids is 2. The van der Waals surface area contributed by atoms with Gasteiger partial charge in [-0.15, -0.1) is 0 Å². The van der Waals surface area contributed by atoms with Crippen molar-refractivity contribution in [2.24, 2.45) is 0 Å². The molecule has 114 valence electrons. The predicted molar refractivity (Wildman–Crippen MR) is 88.5 cm³/mol. The molecule has 4 rings (SSSR count). The Kier molecular flexibility index (Phi) is 2.99. The van der Waals surface area contributed by atoms with Gasteiger partial charge in [0.15, 0.2) is 12.3 Å². The van der Waals surface area contributed by atoms with Crippen LogP contribution in [0.25, 0.3) is 0 Å². The van der Waals surface area contributed by atoms with Crippen LogP contribution < -0.4 is 14.8 Å². The van der Waals surface area contributed by atoms with Crippen LogP contribution in [0.2, 0.25) is 5.02 Å². The van der Waals surface area contributed by atoms with Gasteiger partial charge in [0.25, 0.3) is 5.91 Å². The molecule has 3 amide bonds. The van der Waals surface area contributed by atoms with E-state index < -0.39 is 6.04 Å². The molecule has 23 heavy (non-hydrogen) atoms. The summed E-state index contributed by atoms with van der Waals surface area (Å²) in [7, 11) is 0. The number of carbonyl (C=O) groups is 2. The average molecular weight is 327 g/mol. The molecule has 5 nitrogen and oxygen atoms in total. The van der Waals surface area contributed by atoms with Gasteiger partial charge in [0.1, 0.15) is 5.69 Å². The maximum absolute atomic E-state index is 12.8. The van der Waals surface area contributed by atoms with Crippen LogP contribution in [-0.2, 0) is 4.79 Å². The van der Waals surface area contributed by atoms with Gasteiger partial charge in [-0.25, -0.2) is 14.7 Å². The molecule has 1 saturated heterocycles. The van der Waals surface area contributed by atoms with Gasteiger partial charge < -0.3 is 0 Å². The van der Waals surface area contributed by atoms with Gasteiger partial charge in [0.05, 0.1) is 5.69 Å². The van der Waals surface area contributed by atoms with Crippen molar-refractivity contribution in [1.29, 1.82) is 0 Å². The number of nitrogens with zero attached hydrogens (tertiary/aromatic N) is 2. The van der Waals surface area contributed by atoms with E-state index in [0.717, 1.165) is 5.56 Å². The van der Waals surface area contributed by atoms with Crippen molar-refractivity contribution in [1.82, 2.24) is 0 Å². The Bertz CT molecular complexity index is 861. The van der Waals surface area contributed by atoms with Crippen molar-refractivity contribution in [2.45, 2.75) is 13.0 Å². The number of anilines is 2. The lowest BCUT2D eigenvalue weighted by molar-refractivity contribution is -0.350. The zero-order valence-electron chi connectivity index (χ0n) is 12.3. The minimum atomic E-state index is -0.655. The molecule has 2 aromatic carbocycles. The quantitative estimate of drug-likeness (QED) is 0.812. The lowest BCUT2D eigenvalue weighted by Crippen LogP contribution is -2.69. The van der Waals surface area contributed by atoms with Crippen LogP contribution in [-0.4, -0.2) is 24.2 Å². The zero-order valence-corrected chi connectivity index (χ0v) is 13.0. The van der Waals surface area contributed by atoms with Crippen molar-refractivity contribution < 1.29 is 14.6 Å². The Balaban J connectivity index is 1.80. The molecule has 6 heteroatoms. The molecule has 1 fully saturated rings. The lowest BCUT2D eigenvalue weighted by atomic mass is 10.1. The third-order valence-electron chi connectivity index (χ3n) is 4.06. The van der Waals surface area contributed by atoms with Crippen molar-refractivity contribution in [3.8, 4) is 0 Å². The molecular formula is C17H13ClN3O2+. The van der Waals surface area contributed by atoms with Gasteiger partial charge in [-0.2, -0.15) is 0 Å². The van der Waals surface area contributed by atoms with Crippen LogP contribution in [0.15, 0.2) is 42.5 Å². The van der Waals surface area contributed by atoms with Crippen LogP contribution in [0.5, 0.6) is 0 Å². The Labute approximate surface area is 137 Å². The summed E-state index contributed by atoms with van der Waals surface area (Å²) in [6.07, 6.45) is 1.62. The fourth-order valence-electron chi connectivity index (χ4n) is 2.90. The number of benzene rings is 2. The number of hydrogen-bond donors (Lipinski definition) is 1. The Hall–Kier alpha value is -2.66. The maximum atomic E-state index is 12.8. The highest BCUT2D eigenvalue weighted by Gasteiger charge is 2.50. The highest BCUT2D eigenvalue weighted by atomic mass is 35.5. The second-order valence-electron chi connectivity index (χ2n) is 5.58. The van der Waals surface area contributed by atoms with E-state index in [4.69, 9.17) is 11.6 Å². The van der Waals surface area contributed by atoms with Crippen molar-refractivity contribution in [3.63, 3.8) is 0 Å². The summed E-state index contributed by atoms with van der Waals surface area (Å²) in [5.74, 6) is -0.271. The molecule has 1 atom stereocenters. The third-order valence-corrected chi connectivity index (χ3v) is 4.29.